The van der Waals surface area contributed by atoms with Gasteiger partial charge in [0.05, 0.1) is 0 Å². The monoisotopic (exact) mass is 417 g/mol. The van der Waals surface area contributed by atoms with Crippen molar-refractivity contribution >= 4 is 32.6 Å². The molecule has 0 bridgehead atoms. The fourth-order valence-corrected chi connectivity index (χ4v) is 1.84. The Morgan fingerprint density at radius 2 is 1.60 bits per heavy atom. The maximum absolute atomic E-state index is 12.3. The smallest absolute Gasteiger partial charge is 0.422 e. The Labute approximate surface area is 150 Å². The van der Waals surface area contributed by atoms with E-state index in [0.717, 1.165) is 6.92 Å². The maximum Gasteiger partial charge on any atom is 0.422 e. The fraction of sp³-hybridized carbons (Fsp3) is 0.692. The molecular formula is C13H23F6NO3SSi. The molecule has 2 N–H and O–H groups in total. The zero-order valence-electron chi connectivity index (χ0n) is 15.2. The molecular weight excluding hydrogens is 392 g/mol. The van der Waals surface area contributed by atoms with Crippen molar-refractivity contribution in [2.24, 2.45) is 5.92 Å². The highest BCUT2D eigenvalue weighted by molar-refractivity contribution is 7.79. The SMILES string of the molecule is C=C(C(=O)O)C(F)(F)F.CC(=O)C(CN[Si](C)(C)C)C(F)(F)F.[3H]CS. The van der Waals surface area contributed by atoms with Crippen LogP contribution in [0.5, 0.6) is 0 Å². The van der Waals surface area contributed by atoms with Gasteiger partial charge in [-0.15, -0.1) is 0 Å². The summed E-state index contributed by atoms with van der Waals surface area (Å²) in [4.78, 5) is 23.1. The highest BCUT2D eigenvalue weighted by Gasteiger charge is 2.43. The number of aliphatic carboxylic acids is 1. The number of thiol groups is 1. The molecule has 0 aliphatic carbocycles. The van der Waals surface area contributed by atoms with Crippen LogP contribution in [-0.2, 0) is 9.59 Å². The largest absolute Gasteiger partial charge is 0.478 e. The van der Waals surface area contributed by atoms with Gasteiger partial charge in [0.2, 0.25) is 0 Å². The number of ketones is 1. The summed E-state index contributed by atoms with van der Waals surface area (Å²) in [5, 5.41) is 7.70. The van der Waals surface area contributed by atoms with Crippen molar-refractivity contribution in [3.63, 3.8) is 0 Å². The first kappa shape index (κ1) is 26.2. The maximum atomic E-state index is 12.3. The first-order valence-corrected chi connectivity index (χ1v) is 10.7. The molecule has 0 aromatic rings. The first-order valence-electron chi connectivity index (χ1n) is 7.23. The number of nitrogens with one attached hydrogen (secondary N) is 1. The third-order valence-corrected chi connectivity index (χ3v) is 3.59. The van der Waals surface area contributed by atoms with Crippen LogP contribution in [0.15, 0.2) is 12.2 Å². The minimum absolute atomic E-state index is 0.194. The van der Waals surface area contributed by atoms with Crippen molar-refractivity contribution < 1.29 is 42.4 Å². The van der Waals surface area contributed by atoms with Gasteiger partial charge < -0.3 is 10.1 Å². The van der Waals surface area contributed by atoms with E-state index in [1.165, 1.54) is 0 Å². The molecule has 1 atom stereocenters. The summed E-state index contributed by atoms with van der Waals surface area (Å²) < 4.78 is 76.6. The molecule has 0 fully saturated rings. The summed E-state index contributed by atoms with van der Waals surface area (Å²) in [6.45, 7) is 8.65. The molecule has 0 heterocycles. The Hall–Kier alpha value is -1.01. The van der Waals surface area contributed by atoms with Crippen molar-refractivity contribution in [2.45, 2.75) is 38.9 Å². The molecule has 0 aliphatic rings. The van der Waals surface area contributed by atoms with Crippen LogP contribution in [0.2, 0.25) is 19.6 Å². The normalized spacial score (nSPS) is 13.3. The minimum atomic E-state index is -4.81. The van der Waals surface area contributed by atoms with Crippen molar-refractivity contribution in [3.05, 3.63) is 12.2 Å². The van der Waals surface area contributed by atoms with E-state index < -0.39 is 43.8 Å². The Balaban J connectivity index is -0.000000377. The lowest BCUT2D eigenvalue weighted by Gasteiger charge is -2.23. The van der Waals surface area contributed by atoms with Gasteiger partial charge in [-0.3, -0.25) is 4.79 Å². The summed E-state index contributed by atoms with van der Waals surface area (Å²) in [6.07, 6.45) is -9.05. The number of hydrogen-bond acceptors (Lipinski definition) is 4. The van der Waals surface area contributed by atoms with Crippen molar-refractivity contribution in [1.82, 2.24) is 4.98 Å². The number of halogens is 6. The highest BCUT2D eigenvalue weighted by atomic mass is 32.1. The molecule has 1 unspecified atom stereocenters. The lowest BCUT2D eigenvalue weighted by Crippen LogP contribution is -2.48. The van der Waals surface area contributed by atoms with Gasteiger partial charge in [0.15, 0.2) is 0 Å². The van der Waals surface area contributed by atoms with E-state index in [1.54, 1.807) is 0 Å². The molecule has 0 saturated carbocycles. The number of hydrogen-bond donors (Lipinski definition) is 3. The lowest BCUT2D eigenvalue weighted by atomic mass is 10.1. The quantitative estimate of drug-likeness (QED) is 0.275. The van der Waals surface area contributed by atoms with Crippen LogP contribution in [0.4, 0.5) is 26.3 Å². The molecule has 0 spiro atoms. The molecule has 0 radical (unpaired) electrons. The Kier molecular flexibility index (Phi) is 12.1. The standard InChI is InChI=1S/C8H16F3NOSi.C4H3F3O2.CH4S/c1-6(13)7(8(9,10)11)5-12-14(2,3)4;1-2(3(8)9)4(5,6)7;1-2/h7,12H,5H2,1-4H3;1H2,(H,8,9);2H,1H3/i;;1T. The Morgan fingerprint density at radius 1 is 1.24 bits per heavy atom. The zero-order chi connectivity index (χ0) is 21.9. The topological polar surface area (TPSA) is 66.4 Å². The molecule has 0 aromatic carbocycles. The lowest BCUT2D eigenvalue weighted by molar-refractivity contribution is -0.178. The van der Waals surface area contributed by atoms with Gasteiger partial charge in [0.1, 0.15) is 25.5 Å². The van der Waals surface area contributed by atoms with Crippen LogP contribution in [-0.4, -0.2) is 50.2 Å². The summed E-state index contributed by atoms with van der Waals surface area (Å²) in [5.41, 5.74) is -1.75. The van der Waals surface area contributed by atoms with Crippen molar-refractivity contribution in [1.29, 1.82) is 0 Å². The number of carbonyl (C=O) groups excluding carboxylic acids is 1. The third-order valence-electron chi connectivity index (χ3n) is 2.32. The Morgan fingerprint density at radius 3 is 1.72 bits per heavy atom. The van der Waals surface area contributed by atoms with E-state index >= 15 is 0 Å². The van der Waals surface area contributed by atoms with E-state index in [9.17, 15) is 35.9 Å². The summed E-state index contributed by atoms with van der Waals surface area (Å²) in [6, 6.07) is 0. The molecule has 150 valence electrons. The van der Waals surface area contributed by atoms with E-state index in [0.29, 0.717) is 0 Å². The van der Waals surface area contributed by atoms with Crippen LogP contribution in [0.3, 0.4) is 0 Å². The highest BCUT2D eigenvalue weighted by Crippen LogP contribution is 2.26. The Bertz CT molecular complexity index is 466. The molecule has 12 heteroatoms. The van der Waals surface area contributed by atoms with Crippen LogP contribution in [0.25, 0.3) is 0 Å². The number of carboxylic acids is 1. The number of Topliss-reactive ketones (excluding diaryl/α,β-unsaturated/α-hetero) is 1. The van der Waals surface area contributed by atoms with Gasteiger partial charge in [-0.25, -0.2) is 4.79 Å². The fourth-order valence-electron chi connectivity index (χ4n) is 1.02. The van der Waals surface area contributed by atoms with Crippen LogP contribution in [0, 0.1) is 5.92 Å². The molecule has 0 saturated heterocycles. The molecule has 0 aliphatic heterocycles. The van der Waals surface area contributed by atoms with Crippen molar-refractivity contribution in [3.8, 4) is 0 Å². The molecule has 25 heavy (non-hydrogen) atoms. The van der Waals surface area contributed by atoms with E-state index in [2.05, 4.69) is 24.2 Å². The second kappa shape index (κ2) is 11.6. The average molecular weight is 417 g/mol. The zero-order valence-corrected chi connectivity index (χ0v) is 16.1. The average Bonchev–Trinajstić information content (AvgIpc) is 2.34. The predicted molar refractivity (Wildman–Crippen MR) is 89.3 cm³/mol. The van der Waals surface area contributed by atoms with Crippen LogP contribution < -0.4 is 4.98 Å². The van der Waals surface area contributed by atoms with Gasteiger partial charge in [-0.2, -0.15) is 39.0 Å². The van der Waals surface area contributed by atoms with Gasteiger partial charge in [-0.1, -0.05) is 26.2 Å². The van der Waals surface area contributed by atoms with Crippen LogP contribution in [0.1, 0.15) is 8.29 Å². The molecule has 4 nitrogen and oxygen atoms in total. The summed E-state index contributed by atoms with van der Waals surface area (Å²) in [5.74, 6) is -4.74. The molecule has 0 aromatic heterocycles. The van der Waals surface area contributed by atoms with Gasteiger partial charge in [0.25, 0.3) is 0 Å². The second-order valence-electron chi connectivity index (χ2n) is 5.62. The predicted octanol–water partition coefficient (Wildman–Crippen LogP) is 3.91. The summed E-state index contributed by atoms with van der Waals surface area (Å²) in [7, 11) is -1.75. The van der Waals surface area contributed by atoms with Gasteiger partial charge >= 0.3 is 18.3 Å². The van der Waals surface area contributed by atoms with E-state index in [1.807, 2.05) is 19.6 Å². The second-order valence-corrected chi connectivity index (χ2v) is 10.5. The number of rotatable bonds is 5. The summed E-state index contributed by atoms with van der Waals surface area (Å²) >= 11 is 3.46. The van der Waals surface area contributed by atoms with Gasteiger partial charge in [0, 0.05) is 7.92 Å². The first-order chi connectivity index (χ1) is 11.3. The number of alkyl halides is 6. The van der Waals surface area contributed by atoms with E-state index in [4.69, 9.17) is 6.48 Å². The van der Waals surface area contributed by atoms with Crippen LogP contribution >= 0.6 is 12.6 Å². The van der Waals surface area contributed by atoms with Crippen molar-refractivity contribution in [2.75, 3.05) is 12.8 Å². The molecule has 0 rings (SSSR count). The number of carboxylic acid groups (broad SMARTS) is 1. The third kappa shape index (κ3) is 16.2. The minimum Gasteiger partial charge on any atom is -0.478 e. The number of carbonyl (C=O) groups is 2. The molecule has 0 amide bonds. The van der Waals surface area contributed by atoms with Gasteiger partial charge in [-0.05, 0) is 13.2 Å². The van der Waals surface area contributed by atoms with E-state index in [-0.39, 0.29) is 12.8 Å².